The predicted molar refractivity (Wildman–Crippen MR) is 141 cm³/mol. The Morgan fingerprint density at radius 1 is 1.24 bits per heavy atom. The van der Waals surface area contributed by atoms with Gasteiger partial charge in [-0.1, -0.05) is 43.3 Å². The molecular formula is C27H32N6O3S. The smallest absolute Gasteiger partial charge is 0.256 e. The Kier molecular flexibility index (Phi) is 6.57. The molecule has 2 amide bonds. The van der Waals surface area contributed by atoms with E-state index >= 15 is 0 Å². The number of carbonyl (C=O) groups excluding carboxylic acids is 2. The number of aliphatic hydroxyl groups excluding tert-OH is 1. The monoisotopic (exact) mass is 520 g/mol. The highest BCUT2D eigenvalue weighted by atomic mass is 32.1. The van der Waals surface area contributed by atoms with Crippen molar-refractivity contribution in [1.29, 1.82) is 0 Å². The Labute approximate surface area is 220 Å². The fourth-order valence-corrected chi connectivity index (χ4v) is 6.34. The van der Waals surface area contributed by atoms with Gasteiger partial charge in [0, 0.05) is 38.3 Å². The van der Waals surface area contributed by atoms with E-state index in [1.165, 1.54) is 0 Å². The molecule has 1 aromatic carbocycles. The maximum Gasteiger partial charge on any atom is 0.256 e. The highest BCUT2D eigenvalue weighted by Crippen LogP contribution is 2.39. The number of benzene rings is 1. The van der Waals surface area contributed by atoms with E-state index in [0.29, 0.717) is 24.2 Å². The van der Waals surface area contributed by atoms with E-state index in [-0.39, 0.29) is 24.3 Å². The van der Waals surface area contributed by atoms with Gasteiger partial charge in [0.2, 0.25) is 5.91 Å². The third-order valence-corrected chi connectivity index (χ3v) is 8.58. The number of amides is 2. The number of rotatable bonds is 6. The number of aliphatic imine (C=N–C) groups is 1. The molecule has 0 saturated carbocycles. The van der Waals surface area contributed by atoms with Gasteiger partial charge < -0.3 is 10.0 Å². The molecule has 2 unspecified atom stereocenters. The van der Waals surface area contributed by atoms with E-state index < -0.39 is 23.5 Å². The van der Waals surface area contributed by atoms with Gasteiger partial charge in [0.15, 0.2) is 0 Å². The molecule has 9 nitrogen and oxygen atoms in total. The fourth-order valence-electron chi connectivity index (χ4n) is 5.53. The zero-order valence-electron chi connectivity index (χ0n) is 21.8. The number of aromatic nitrogens is 4. The lowest BCUT2D eigenvalue weighted by Crippen LogP contribution is -2.44. The van der Waals surface area contributed by atoms with Crippen LogP contribution in [-0.2, 0) is 22.1 Å². The molecule has 4 heterocycles. The van der Waals surface area contributed by atoms with Crippen LogP contribution in [0.15, 0.2) is 41.0 Å². The normalized spacial score (nSPS) is 24.7. The maximum absolute atomic E-state index is 13.8. The minimum Gasteiger partial charge on any atom is -0.391 e. The van der Waals surface area contributed by atoms with E-state index in [1.54, 1.807) is 34.2 Å². The molecule has 1 saturated heterocycles. The fraction of sp³-hybridized carbons (Fsp3) is 0.481. The number of carbonyl (C=O) groups is 2. The summed E-state index contributed by atoms with van der Waals surface area (Å²) in [5, 5.41) is 18.8. The molecular weight excluding hydrogens is 488 g/mol. The van der Waals surface area contributed by atoms with Crippen LogP contribution in [0.1, 0.15) is 56.5 Å². The molecule has 0 spiro atoms. The Morgan fingerprint density at radius 3 is 2.57 bits per heavy atom. The van der Waals surface area contributed by atoms with Crippen LogP contribution in [0.5, 0.6) is 0 Å². The second kappa shape index (κ2) is 9.57. The lowest BCUT2D eigenvalue weighted by Gasteiger charge is -2.30. The van der Waals surface area contributed by atoms with E-state index in [0.717, 1.165) is 21.7 Å². The van der Waals surface area contributed by atoms with Gasteiger partial charge in [0.1, 0.15) is 0 Å². The SMILES string of the molecule is Cc1ncsc1-c1ccc([C@]2(C)CC(C3C[C@@H](O)CN3C(=O)C(c3cn(C)nn3)C(C)C)=NC2=O)cc1. The summed E-state index contributed by atoms with van der Waals surface area (Å²) in [7, 11) is 1.77. The molecule has 0 radical (unpaired) electrons. The van der Waals surface area contributed by atoms with E-state index in [2.05, 4.69) is 20.3 Å². The first-order valence-corrected chi connectivity index (χ1v) is 13.4. The summed E-state index contributed by atoms with van der Waals surface area (Å²) in [6.45, 7) is 8.05. The van der Waals surface area contributed by atoms with Crippen LogP contribution in [0.2, 0.25) is 0 Å². The van der Waals surface area contributed by atoms with Crippen LogP contribution in [0.3, 0.4) is 0 Å². The Morgan fingerprint density at radius 2 is 1.97 bits per heavy atom. The minimum absolute atomic E-state index is 0.0132. The molecule has 0 bridgehead atoms. The van der Waals surface area contributed by atoms with Crippen LogP contribution in [0, 0.1) is 12.8 Å². The van der Waals surface area contributed by atoms with Crippen LogP contribution in [-0.4, -0.2) is 66.2 Å². The number of nitrogens with zero attached hydrogens (tertiary/aromatic N) is 6. The molecule has 2 aliphatic heterocycles. The molecule has 2 aliphatic rings. The van der Waals surface area contributed by atoms with Gasteiger partial charge >= 0.3 is 0 Å². The molecule has 3 aromatic rings. The summed E-state index contributed by atoms with van der Waals surface area (Å²) in [6, 6.07) is 7.59. The van der Waals surface area contributed by atoms with Crippen LogP contribution >= 0.6 is 11.3 Å². The molecule has 10 heteroatoms. The first kappa shape index (κ1) is 25.4. The first-order chi connectivity index (χ1) is 17.6. The van der Waals surface area contributed by atoms with Crippen molar-refractivity contribution < 1.29 is 14.7 Å². The van der Waals surface area contributed by atoms with E-state index in [9.17, 15) is 14.7 Å². The number of hydrogen-bond donors (Lipinski definition) is 1. The Bertz CT molecular complexity index is 1360. The summed E-state index contributed by atoms with van der Waals surface area (Å²) >= 11 is 1.59. The van der Waals surface area contributed by atoms with Crippen molar-refractivity contribution in [3.63, 3.8) is 0 Å². The second-order valence-electron chi connectivity index (χ2n) is 10.7. The molecule has 0 aliphatic carbocycles. The van der Waals surface area contributed by atoms with Crippen molar-refractivity contribution in [3.05, 3.63) is 52.9 Å². The molecule has 5 rings (SSSR count). The highest BCUT2D eigenvalue weighted by molar-refractivity contribution is 7.13. The quantitative estimate of drug-likeness (QED) is 0.534. The van der Waals surface area contributed by atoms with Crippen molar-refractivity contribution in [2.45, 2.75) is 64.0 Å². The first-order valence-electron chi connectivity index (χ1n) is 12.6. The summed E-state index contributed by atoms with van der Waals surface area (Å²) in [6.07, 6.45) is 1.86. The number of β-amino-alcohol motifs (C(OH)–C–C–N with tert-alkyl or cyclic N) is 1. The average Bonchev–Trinajstić information content (AvgIpc) is 3.62. The van der Waals surface area contributed by atoms with Crippen molar-refractivity contribution in [3.8, 4) is 10.4 Å². The van der Waals surface area contributed by atoms with Crippen molar-refractivity contribution >= 4 is 28.9 Å². The number of likely N-dealkylation sites (tertiary alicyclic amines) is 1. The summed E-state index contributed by atoms with van der Waals surface area (Å²) in [5.74, 6) is -0.841. The van der Waals surface area contributed by atoms with Crippen molar-refractivity contribution in [2.24, 2.45) is 18.0 Å². The van der Waals surface area contributed by atoms with Gasteiger partial charge in [-0.25, -0.2) is 9.98 Å². The molecule has 4 atom stereocenters. The number of thiazole rings is 1. The standard InChI is InChI=1S/C27H32N6O3S/c1-15(2)23(21-13-32(5)31-30-21)25(35)33-12-19(34)10-22(33)20-11-27(4,26(36)29-20)18-8-6-17(7-9-18)24-16(3)28-14-37-24/h6-9,13-15,19,22-23,34H,10-12H2,1-5H3/t19-,22?,23?,27+/m1/s1. The van der Waals surface area contributed by atoms with Crippen LogP contribution < -0.4 is 0 Å². The summed E-state index contributed by atoms with van der Waals surface area (Å²) in [5.41, 5.74) is 5.21. The maximum atomic E-state index is 13.8. The number of hydrogen-bond acceptors (Lipinski definition) is 7. The van der Waals surface area contributed by atoms with Crippen LogP contribution in [0.4, 0.5) is 0 Å². The largest absolute Gasteiger partial charge is 0.391 e. The lowest BCUT2D eigenvalue weighted by molar-refractivity contribution is -0.134. The molecule has 2 aromatic heterocycles. The van der Waals surface area contributed by atoms with Gasteiger partial charge in [-0.15, -0.1) is 16.4 Å². The third-order valence-electron chi connectivity index (χ3n) is 7.60. The minimum atomic E-state index is -0.818. The number of aryl methyl sites for hydroxylation is 2. The summed E-state index contributed by atoms with van der Waals surface area (Å²) < 4.78 is 1.58. The van der Waals surface area contributed by atoms with Gasteiger partial charge in [0.25, 0.3) is 5.91 Å². The van der Waals surface area contributed by atoms with Crippen molar-refractivity contribution in [1.82, 2.24) is 24.9 Å². The van der Waals surface area contributed by atoms with Gasteiger partial charge in [0.05, 0.1) is 45.3 Å². The Hall–Kier alpha value is -3.24. The van der Waals surface area contributed by atoms with E-state index in [4.69, 9.17) is 0 Å². The highest BCUT2D eigenvalue weighted by Gasteiger charge is 2.48. The van der Waals surface area contributed by atoms with Crippen molar-refractivity contribution in [2.75, 3.05) is 6.54 Å². The molecule has 194 valence electrons. The van der Waals surface area contributed by atoms with Gasteiger partial charge in [-0.3, -0.25) is 14.3 Å². The molecule has 1 fully saturated rings. The topological polar surface area (TPSA) is 114 Å². The Balaban J connectivity index is 1.39. The average molecular weight is 521 g/mol. The third kappa shape index (κ3) is 4.53. The number of aliphatic hydroxyl groups is 1. The van der Waals surface area contributed by atoms with Crippen LogP contribution in [0.25, 0.3) is 10.4 Å². The molecule has 37 heavy (non-hydrogen) atoms. The van der Waals surface area contributed by atoms with E-state index in [1.807, 2.05) is 57.5 Å². The lowest BCUT2D eigenvalue weighted by atomic mass is 9.78. The summed E-state index contributed by atoms with van der Waals surface area (Å²) in [4.78, 5) is 38.7. The molecule has 1 N–H and O–H groups in total. The van der Waals surface area contributed by atoms with Gasteiger partial charge in [-0.2, -0.15) is 0 Å². The predicted octanol–water partition coefficient (Wildman–Crippen LogP) is 3.28. The van der Waals surface area contributed by atoms with Gasteiger partial charge in [-0.05, 0) is 30.9 Å². The zero-order valence-corrected chi connectivity index (χ0v) is 22.6. The zero-order chi connectivity index (χ0) is 26.5. The second-order valence-corrected chi connectivity index (χ2v) is 11.6.